The SMILES string of the molecule is CN1CCCC1CCn1ccc2cc(N)ccc21. The largest absolute Gasteiger partial charge is 0.399 e. The van der Waals surface area contributed by atoms with Crippen LogP contribution in [0.4, 0.5) is 5.69 Å². The van der Waals surface area contributed by atoms with Crippen molar-refractivity contribution < 1.29 is 0 Å². The normalized spacial score (nSPS) is 20.8. The van der Waals surface area contributed by atoms with Crippen LogP contribution in [0, 0.1) is 0 Å². The van der Waals surface area contributed by atoms with E-state index in [2.05, 4.69) is 34.8 Å². The number of fused-ring (bicyclic) bond motifs is 1. The van der Waals surface area contributed by atoms with Gasteiger partial charge in [0.2, 0.25) is 0 Å². The lowest BCUT2D eigenvalue weighted by Crippen LogP contribution is -2.25. The molecule has 1 saturated heterocycles. The Morgan fingerprint density at radius 1 is 1.33 bits per heavy atom. The number of nitrogen functional groups attached to an aromatic ring is 1. The number of nitrogens with zero attached hydrogens (tertiary/aromatic N) is 2. The number of likely N-dealkylation sites (tertiary alicyclic amines) is 1. The van der Waals surface area contributed by atoms with Crippen LogP contribution in [0.5, 0.6) is 0 Å². The van der Waals surface area contributed by atoms with Crippen molar-refractivity contribution in [3.8, 4) is 0 Å². The molecule has 1 unspecified atom stereocenters. The molecule has 2 heterocycles. The fourth-order valence-electron chi connectivity index (χ4n) is 3.05. The van der Waals surface area contributed by atoms with E-state index in [1.807, 2.05) is 12.1 Å². The number of aromatic nitrogens is 1. The molecule has 2 N–H and O–H groups in total. The second-order valence-electron chi connectivity index (χ2n) is 5.39. The van der Waals surface area contributed by atoms with E-state index in [9.17, 15) is 0 Å². The van der Waals surface area contributed by atoms with Gasteiger partial charge >= 0.3 is 0 Å². The first-order valence-electron chi connectivity index (χ1n) is 6.78. The van der Waals surface area contributed by atoms with Crippen LogP contribution in [0.15, 0.2) is 30.5 Å². The van der Waals surface area contributed by atoms with E-state index >= 15 is 0 Å². The highest BCUT2D eigenvalue weighted by Crippen LogP contribution is 2.22. The van der Waals surface area contributed by atoms with Crippen LogP contribution in [0.1, 0.15) is 19.3 Å². The molecule has 3 nitrogen and oxygen atoms in total. The fourth-order valence-corrected chi connectivity index (χ4v) is 3.05. The van der Waals surface area contributed by atoms with Crippen molar-refractivity contribution in [2.45, 2.75) is 31.8 Å². The van der Waals surface area contributed by atoms with E-state index in [0.717, 1.165) is 18.3 Å². The van der Waals surface area contributed by atoms with Gasteiger partial charge in [-0.1, -0.05) is 0 Å². The Balaban J connectivity index is 1.74. The lowest BCUT2D eigenvalue weighted by molar-refractivity contribution is 0.287. The fraction of sp³-hybridized carbons (Fsp3) is 0.467. The van der Waals surface area contributed by atoms with Crippen LogP contribution >= 0.6 is 0 Å². The number of benzene rings is 1. The summed E-state index contributed by atoms with van der Waals surface area (Å²) in [6.07, 6.45) is 6.12. The van der Waals surface area contributed by atoms with Crippen molar-refractivity contribution in [1.29, 1.82) is 0 Å². The standard InChI is InChI=1S/C15H21N3/c1-17-8-2-3-14(17)7-10-18-9-6-12-11-13(16)4-5-15(12)18/h4-6,9,11,14H,2-3,7-8,10,16H2,1H3. The molecule has 1 atom stereocenters. The van der Waals surface area contributed by atoms with Crippen LogP contribution in [-0.2, 0) is 6.54 Å². The van der Waals surface area contributed by atoms with Gasteiger partial charge in [-0.05, 0) is 57.1 Å². The molecule has 0 radical (unpaired) electrons. The number of hydrogen-bond acceptors (Lipinski definition) is 2. The third kappa shape index (κ3) is 2.10. The van der Waals surface area contributed by atoms with Gasteiger partial charge in [-0.3, -0.25) is 0 Å². The molecule has 1 aromatic carbocycles. The number of aryl methyl sites for hydroxylation is 1. The molecule has 1 aliphatic rings. The molecule has 3 rings (SSSR count). The molecule has 0 saturated carbocycles. The molecule has 3 heteroatoms. The Bertz CT molecular complexity index is 544. The molecule has 1 fully saturated rings. The third-order valence-corrected chi connectivity index (χ3v) is 4.17. The van der Waals surface area contributed by atoms with Crippen LogP contribution in [0.25, 0.3) is 10.9 Å². The van der Waals surface area contributed by atoms with E-state index in [1.165, 1.54) is 36.7 Å². The molecule has 0 bridgehead atoms. The molecular weight excluding hydrogens is 222 g/mol. The molecule has 0 aliphatic carbocycles. The van der Waals surface area contributed by atoms with Gasteiger partial charge in [0.05, 0.1) is 0 Å². The summed E-state index contributed by atoms with van der Waals surface area (Å²) < 4.78 is 2.35. The number of anilines is 1. The molecule has 0 amide bonds. The van der Waals surface area contributed by atoms with Crippen LogP contribution in [-0.4, -0.2) is 29.1 Å². The third-order valence-electron chi connectivity index (χ3n) is 4.17. The van der Waals surface area contributed by atoms with E-state index in [-0.39, 0.29) is 0 Å². The highest BCUT2D eigenvalue weighted by atomic mass is 15.1. The van der Waals surface area contributed by atoms with Crippen LogP contribution < -0.4 is 5.73 Å². The predicted octanol–water partition coefficient (Wildman–Crippen LogP) is 2.71. The first-order valence-corrected chi connectivity index (χ1v) is 6.78. The first kappa shape index (κ1) is 11.6. The molecule has 96 valence electrons. The van der Waals surface area contributed by atoms with Crippen molar-refractivity contribution in [1.82, 2.24) is 9.47 Å². The average Bonchev–Trinajstić information content (AvgIpc) is 2.93. The van der Waals surface area contributed by atoms with E-state index in [0.29, 0.717) is 0 Å². The van der Waals surface area contributed by atoms with Crippen molar-refractivity contribution >= 4 is 16.6 Å². The second kappa shape index (κ2) is 4.65. The average molecular weight is 243 g/mol. The quantitative estimate of drug-likeness (QED) is 0.841. The molecule has 1 aromatic heterocycles. The molecular formula is C15H21N3. The topological polar surface area (TPSA) is 34.2 Å². The smallest absolute Gasteiger partial charge is 0.0481 e. The first-order chi connectivity index (χ1) is 8.74. The number of nitrogens with two attached hydrogens (primary N) is 1. The summed E-state index contributed by atoms with van der Waals surface area (Å²) >= 11 is 0. The Hall–Kier alpha value is -1.48. The van der Waals surface area contributed by atoms with Gasteiger partial charge in [0.1, 0.15) is 0 Å². The Labute approximate surface area is 108 Å². The lowest BCUT2D eigenvalue weighted by atomic mass is 10.1. The van der Waals surface area contributed by atoms with Crippen molar-refractivity contribution in [2.24, 2.45) is 0 Å². The second-order valence-corrected chi connectivity index (χ2v) is 5.39. The summed E-state index contributed by atoms with van der Waals surface area (Å²) in [5.41, 5.74) is 7.95. The van der Waals surface area contributed by atoms with Crippen LogP contribution in [0.3, 0.4) is 0 Å². The summed E-state index contributed by atoms with van der Waals surface area (Å²) in [6, 6.07) is 9.08. The van der Waals surface area contributed by atoms with Gasteiger partial charge in [0.15, 0.2) is 0 Å². The minimum absolute atomic E-state index is 0.760. The van der Waals surface area contributed by atoms with E-state index in [4.69, 9.17) is 5.73 Å². The van der Waals surface area contributed by atoms with Crippen molar-refractivity contribution in [2.75, 3.05) is 19.3 Å². The van der Waals surface area contributed by atoms with Gasteiger partial charge < -0.3 is 15.2 Å². The highest BCUT2D eigenvalue weighted by Gasteiger charge is 2.20. The lowest BCUT2D eigenvalue weighted by Gasteiger charge is -2.19. The molecule has 0 spiro atoms. The maximum absolute atomic E-state index is 5.81. The highest BCUT2D eigenvalue weighted by molar-refractivity contribution is 5.83. The summed E-state index contributed by atoms with van der Waals surface area (Å²) in [4.78, 5) is 2.49. The van der Waals surface area contributed by atoms with Gasteiger partial charge in [-0.25, -0.2) is 0 Å². The van der Waals surface area contributed by atoms with Gasteiger partial charge in [0, 0.05) is 35.4 Å². The van der Waals surface area contributed by atoms with E-state index < -0.39 is 0 Å². The molecule has 2 aromatic rings. The number of rotatable bonds is 3. The molecule has 18 heavy (non-hydrogen) atoms. The summed E-state index contributed by atoms with van der Waals surface area (Å²) in [5.74, 6) is 0. The number of hydrogen-bond donors (Lipinski definition) is 1. The zero-order chi connectivity index (χ0) is 12.5. The zero-order valence-corrected chi connectivity index (χ0v) is 11.0. The summed E-state index contributed by atoms with van der Waals surface area (Å²) in [6.45, 7) is 2.36. The summed E-state index contributed by atoms with van der Waals surface area (Å²) in [7, 11) is 2.24. The molecule has 1 aliphatic heterocycles. The summed E-state index contributed by atoms with van der Waals surface area (Å²) in [5, 5.41) is 1.25. The van der Waals surface area contributed by atoms with Gasteiger partial charge in [0.25, 0.3) is 0 Å². The predicted molar refractivity (Wildman–Crippen MR) is 76.6 cm³/mol. The maximum Gasteiger partial charge on any atom is 0.0481 e. The Morgan fingerprint density at radius 2 is 2.22 bits per heavy atom. The monoisotopic (exact) mass is 243 g/mol. The zero-order valence-electron chi connectivity index (χ0n) is 11.0. The Morgan fingerprint density at radius 3 is 3.00 bits per heavy atom. The minimum Gasteiger partial charge on any atom is -0.399 e. The van der Waals surface area contributed by atoms with Crippen molar-refractivity contribution in [3.05, 3.63) is 30.5 Å². The van der Waals surface area contributed by atoms with Gasteiger partial charge in [-0.15, -0.1) is 0 Å². The Kier molecular flexibility index (Phi) is 3.00. The minimum atomic E-state index is 0.760. The van der Waals surface area contributed by atoms with Crippen LogP contribution in [0.2, 0.25) is 0 Å². The van der Waals surface area contributed by atoms with Gasteiger partial charge in [-0.2, -0.15) is 0 Å². The van der Waals surface area contributed by atoms with E-state index in [1.54, 1.807) is 0 Å². The maximum atomic E-state index is 5.81. The van der Waals surface area contributed by atoms with Crippen molar-refractivity contribution in [3.63, 3.8) is 0 Å².